The summed E-state index contributed by atoms with van der Waals surface area (Å²) >= 11 is 0. The zero-order valence-corrected chi connectivity index (χ0v) is 17.1. The molecule has 0 unspecified atom stereocenters. The van der Waals surface area contributed by atoms with E-state index in [-0.39, 0.29) is 30.6 Å². The molecule has 1 aromatic heterocycles. The van der Waals surface area contributed by atoms with Crippen LogP contribution in [0, 0.1) is 5.41 Å². The van der Waals surface area contributed by atoms with Gasteiger partial charge in [0.25, 0.3) is 5.92 Å². The highest BCUT2D eigenvalue weighted by Crippen LogP contribution is 2.45. The summed E-state index contributed by atoms with van der Waals surface area (Å²) in [6, 6.07) is 0. The molecule has 2 aliphatic heterocycles. The molecule has 0 saturated carbocycles. The summed E-state index contributed by atoms with van der Waals surface area (Å²) in [5.74, 6) is -3.41. The first-order chi connectivity index (χ1) is 13.7. The molecule has 0 bridgehead atoms. The maximum absolute atomic E-state index is 14.6. The number of aromatic nitrogens is 2. The molecule has 2 aliphatic rings. The zero-order valence-electron chi connectivity index (χ0n) is 17.1. The quantitative estimate of drug-likeness (QED) is 0.706. The molecule has 0 N–H and O–H groups in total. The SMILES string of the molecule is COCCN1CCC[C@@]2(CN(C(=O)Cc3noc(C(C)C)n3)CC(F)(F)C2)C1=O. The maximum atomic E-state index is 14.6. The van der Waals surface area contributed by atoms with Crippen molar-refractivity contribution < 1.29 is 27.6 Å². The number of alkyl halides is 2. The van der Waals surface area contributed by atoms with Crippen molar-refractivity contribution in [2.75, 3.05) is 39.9 Å². The molecule has 10 heteroatoms. The van der Waals surface area contributed by atoms with Crippen LogP contribution in [-0.4, -0.2) is 77.6 Å². The van der Waals surface area contributed by atoms with Crippen LogP contribution in [0.3, 0.4) is 0 Å². The van der Waals surface area contributed by atoms with E-state index in [4.69, 9.17) is 9.26 Å². The van der Waals surface area contributed by atoms with Crippen LogP contribution in [0.1, 0.15) is 50.7 Å². The molecule has 2 fully saturated rings. The van der Waals surface area contributed by atoms with Gasteiger partial charge in [0, 0.05) is 39.1 Å². The lowest BCUT2D eigenvalue weighted by molar-refractivity contribution is -0.174. The molecule has 2 saturated heterocycles. The van der Waals surface area contributed by atoms with Crippen molar-refractivity contribution in [1.82, 2.24) is 19.9 Å². The number of likely N-dealkylation sites (tertiary alicyclic amines) is 2. The standard InChI is InChI=1S/C19H28F2N4O4/c1-13(2)16-22-14(23-29-16)9-15(26)25-11-18(10-19(20,21)12-25)5-4-6-24(17(18)27)7-8-28-3/h13H,4-12H2,1-3H3/t18-/m1/s1. The number of carbonyl (C=O) groups is 2. The van der Waals surface area contributed by atoms with Gasteiger partial charge in [-0.05, 0) is 12.8 Å². The van der Waals surface area contributed by atoms with Crippen molar-refractivity contribution in [2.45, 2.75) is 51.4 Å². The fourth-order valence-corrected chi connectivity index (χ4v) is 4.18. The van der Waals surface area contributed by atoms with Crippen molar-refractivity contribution >= 4 is 11.8 Å². The van der Waals surface area contributed by atoms with Crippen molar-refractivity contribution in [3.05, 3.63) is 11.7 Å². The number of piperidine rings is 2. The Balaban J connectivity index is 1.76. The van der Waals surface area contributed by atoms with Crippen LogP contribution in [0.15, 0.2) is 4.52 Å². The van der Waals surface area contributed by atoms with Gasteiger partial charge in [-0.2, -0.15) is 4.98 Å². The molecule has 0 aromatic carbocycles. The van der Waals surface area contributed by atoms with E-state index in [9.17, 15) is 18.4 Å². The lowest BCUT2D eigenvalue weighted by atomic mass is 9.71. The van der Waals surface area contributed by atoms with Crippen LogP contribution < -0.4 is 0 Å². The van der Waals surface area contributed by atoms with Gasteiger partial charge in [-0.15, -0.1) is 0 Å². The number of rotatable bonds is 6. The highest BCUT2D eigenvalue weighted by atomic mass is 19.3. The normalized spacial score (nSPS) is 24.6. The predicted molar refractivity (Wildman–Crippen MR) is 98.4 cm³/mol. The van der Waals surface area contributed by atoms with Crippen LogP contribution in [0.5, 0.6) is 0 Å². The first-order valence-electron chi connectivity index (χ1n) is 9.92. The lowest BCUT2D eigenvalue weighted by Gasteiger charge is -2.49. The lowest BCUT2D eigenvalue weighted by Crippen LogP contribution is -2.62. The Morgan fingerprint density at radius 1 is 1.34 bits per heavy atom. The molecule has 0 aliphatic carbocycles. The Bertz CT molecular complexity index is 754. The molecular weight excluding hydrogens is 386 g/mol. The van der Waals surface area contributed by atoms with Crippen LogP contribution in [0.25, 0.3) is 0 Å². The first kappa shape index (κ1) is 21.6. The molecule has 2 amide bonds. The Labute approximate surface area is 168 Å². The van der Waals surface area contributed by atoms with Crippen LogP contribution in [-0.2, 0) is 20.7 Å². The van der Waals surface area contributed by atoms with Crippen molar-refractivity contribution in [3.63, 3.8) is 0 Å². The van der Waals surface area contributed by atoms with Gasteiger partial charge in [0.15, 0.2) is 5.82 Å². The second-order valence-corrected chi connectivity index (χ2v) is 8.33. The number of hydrogen-bond donors (Lipinski definition) is 0. The largest absolute Gasteiger partial charge is 0.383 e. The van der Waals surface area contributed by atoms with Crippen molar-refractivity contribution in [1.29, 1.82) is 0 Å². The topological polar surface area (TPSA) is 88.8 Å². The number of ether oxygens (including phenoxy) is 1. The average molecular weight is 414 g/mol. The van der Waals surface area contributed by atoms with Gasteiger partial charge in [-0.1, -0.05) is 19.0 Å². The summed E-state index contributed by atoms with van der Waals surface area (Å²) in [4.78, 5) is 32.6. The third-order valence-electron chi connectivity index (χ3n) is 5.54. The molecule has 162 valence electrons. The molecular formula is C19H28F2N4O4. The van der Waals surface area contributed by atoms with Crippen LogP contribution >= 0.6 is 0 Å². The minimum absolute atomic E-state index is 0.00637. The van der Waals surface area contributed by atoms with E-state index in [1.54, 1.807) is 4.90 Å². The molecule has 29 heavy (non-hydrogen) atoms. The van der Waals surface area contributed by atoms with Gasteiger partial charge in [-0.25, -0.2) is 8.78 Å². The van der Waals surface area contributed by atoms with Crippen molar-refractivity contribution in [3.8, 4) is 0 Å². The second-order valence-electron chi connectivity index (χ2n) is 8.33. The third kappa shape index (κ3) is 4.73. The van der Waals surface area contributed by atoms with Gasteiger partial charge in [0.1, 0.15) is 0 Å². The molecule has 3 rings (SSSR count). The highest BCUT2D eigenvalue weighted by Gasteiger charge is 2.56. The number of halogens is 2. The minimum atomic E-state index is -3.13. The summed E-state index contributed by atoms with van der Waals surface area (Å²) in [5.41, 5.74) is -1.26. The number of methoxy groups -OCH3 is 1. The van der Waals surface area contributed by atoms with E-state index in [0.29, 0.717) is 38.4 Å². The summed E-state index contributed by atoms with van der Waals surface area (Å²) < 4.78 is 39.3. The fourth-order valence-electron chi connectivity index (χ4n) is 4.18. The van der Waals surface area contributed by atoms with Gasteiger partial charge >= 0.3 is 0 Å². The number of carbonyl (C=O) groups excluding carboxylic acids is 2. The molecule has 1 atom stereocenters. The van der Waals surface area contributed by atoms with Gasteiger partial charge in [0.2, 0.25) is 17.7 Å². The smallest absolute Gasteiger partial charge is 0.266 e. The molecule has 8 nitrogen and oxygen atoms in total. The highest BCUT2D eigenvalue weighted by molar-refractivity contribution is 5.86. The van der Waals surface area contributed by atoms with Crippen LogP contribution in [0.2, 0.25) is 0 Å². The van der Waals surface area contributed by atoms with Gasteiger partial charge in [0.05, 0.1) is 25.0 Å². The Kier molecular flexibility index (Phi) is 6.21. The minimum Gasteiger partial charge on any atom is -0.383 e. The van der Waals surface area contributed by atoms with E-state index in [0.717, 1.165) is 4.90 Å². The van der Waals surface area contributed by atoms with E-state index < -0.39 is 30.2 Å². The summed E-state index contributed by atoms with van der Waals surface area (Å²) in [6.07, 6.45) is 0.195. The Morgan fingerprint density at radius 3 is 2.76 bits per heavy atom. The average Bonchev–Trinajstić information content (AvgIpc) is 3.10. The fraction of sp³-hybridized carbons (Fsp3) is 0.789. The number of nitrogens with zero attached hydrogens (tertiary/aromatic N) is 4. The van der Waals surface area contributed by atoms with Gasteiger partial charge < -0.3 is 19.1 Å². The van der Waals surface area contributed by atoms with Gasteiger partial charge in [-0.3, -0.25) is 9.59 Å². The second kappa shape index (κ2) is 8.33. The summed E-state index contributed by atoms with van der Waals surface area (Å²) in [5, 5.41) is 3.76. The predicted octanol–water partition coefficient (Wildman–Crippen LogP) is 1.86. The van der Waals surface area contributed by atoms with E-state index in [2.05, 4.69) is 10.1 Å². The Hall–Kier alpha value is -2.10. The third-order valence-corrected chi connectivity index (χ3v) is 5.54. The van der Waals surface area contributed by atoms with E-state index in [1.165, 1.54) is 7.11 Å². The molecule has 1 aromatic rings. The van der Waals surface area contributed by atoms with Crippen LogP contribution in [0.4, 0.5) is 8.78 Å². The first-order valence-corrected chi connectivity index (χ1v) is 9.92. The summed E-state index contributed by atoms with van der Waals surface area (Å²) in [7, 11) is 1.53. The maximum Gasteiger partial charge on any atom is 0.266 e. The zero-order chi connectivity index (χ0) is 21.2. The summed E-state index contributed by atoms with van der Waals surface area (Å²) in [6.45, 7) is 4.25. The monoisotopic (exact) mass is 414 g/mol. The number of amides is 2. The molecule has 1 spiro atoms. The van der Waals surface area contributed by atoms with Crippen molar-refractivity contribution in [2.24, 2.45) is 5.41 Å². The van der Waals surface area contributed by atoms with E-state index in [1.807, 2.05) is 13.8 Å². The molecule has 3 heterocycles. The Morgan fingerprint density at radius 2 is 2.10 bits per heavy atom. The number of hydrogen-bond acceptors (Lipinski definition) is 6. The van der Waals surface area contributed by atoms with E-state index >= 15 is 0 Å². The molecule has 0 radical (unpaired) electrons.